The Morgan fingerprint density at radius 2 is 1.82 bits per heavy atom. The van der Waals surface area contributed by atoms with Gasteiger partial charge < -0.3 is 9.84 Å². The van der Waals surface area contributed by atoms with E-state index in [-0.39, 0.29) is 18.5 Å². The second-order valence-corrected chi connectivity index (χ2v) is 5.31. The lowest BCUT2D eigenvalue weighted by Crippen LogP contribution is -2.34. The summed E-state index contributed by atoms with van der Waals surface area (Å²) in [7, 11) is 1.95. The number of hydrogen-bond donors (Lipinski definition) is 1. The van der Waals surface area contributed by atoms with Crippen LogP contribution in [0.4, 0.5) is 4.39 Å². The number of hydrogen-bond acceptors (Lipinski definition) is 4. The molecule has 1 aromatic heterocycles. The van der Waals surface area contributed by atoms with Gasteiger partial charge in [-0.3, -0.25) is 9.88 Å². The second-order valence-electron chi connectivity index (χ2n) is 5.31. The third-order valence-electron chi connectivity index (χ3n) is 3.60. The van der Waals surface area contributed by atoms with E-state index in [1.54, 1.807) is 24.5 Å². The van der Waals surface area contributed by atoms with Crippen molar-refractivity contribution in [1.29, 1.82) is 0 Å². The Kier molecular flexibility index (Phi) is 5.86. The molecule has 22 heavy (non-hydrogen) atoms. The first-order valence-electron chi connectivity index (χ1n) is 7.23. The van der Waals surface area contributed by atoms with Crippen LogP contribution in [0.3, 0.4) is 0 Å². The summed E-state index contributed by atoms with van der Waals surface area (Å²) in [5, 5.41) is 10.1. The molecule has 1 aromatic carbocycles. The number of aromatic nitrogens is 1. The number of nitrogens with zero attached hydrogens (tertiary/aromatic N) is 2. The predicted octanol–water partition coefficient (Wildman–Crippen LogP) is 2.65. The standard InChI is InChI=1S/C17H21FN2O2/c1-13(14-7-9-19-10-8-14)20(2)11-16(21)12-22-17-5-3-15(18)4-6-17/h3-10,13,16,21H,11-12H2,1-2H3. The van der Waals surface area contributed by atoms with E-state index in [0.717, 1.165) is 5.56 Å². The molecule has 0 saturated heterocycles. The van der Waals surface area contributed by atoms with Crippen LogP contribution in [0.25, 0.3) is 0 Å². The van der Waals surface area contributed by atoms with E-state index in [1.165, 1.54) is 12.1 Å². The van der Waals surface area contributed by atoms with Gasteiger partial charge in [-0.15, -0.1) is 0 Å². The monoisotopic (exact) mass is 304 g/mol. The molecule has 0 spiro atoms. The smallest absolute Gasteiger partial charge is 0.123 e. The predicted molar refractivity (Wildman–Crippen MR) is 83.2 cm³/mol. The molecule has 1 heterocycles. The van der Waals surface area contributed by atoms with Crippen molar-refractivity contribution < 1.29 is 14.2 Å². The maximum atomic E-state index is 12.8. The Bertz CT molecular complexity index is 563. The Hall–Kier alpha value is -1.98. The van der Waals surface area contributed by atoms with Crippen LogP contribution in [0, 0.1) is 5.82 Å². The van der Waals surface area contributed by atoms with Gasteiger partial charge in [-0.25, -0.2) is 4.39 Å². The lowest BCUT2D eigenvalue weighted by molar-refractivity contribution is 0.0653. The summed E-state index contributed by atoms with van der Waals surface area (Å²) in [6.45, 7) is 2.71. The van der Waals surface area contributed by atoms with Crippen LogP contribution < -0.4 is 4.74 Å². The van der Waals surface area contributed by atoms with Crippen LogP contribution in [0.1, 0.15) is 18.5 Å². The van der Waals surface area contributed by atoms with Gasteiger partial charge in [0.15, 0.2) is 0 Å². The van der Waals surface area contributed by atoms with Crippen LogP contribution in [0.2, 0.25) is 0 Å². The van der Waals surface area contributed by atoms with Crippen molar-refractivity contribution >= 4 is 0 Å². The second kappa shape index (κ2) is 7.87. The number of benzene rings is 1. The number of halogens is 1. The Morgan fingerprint density at radius 3 is 2.45 bits per heavy atom. The number of likely N-dealkylation sites (N-methyl/N-ethyl adjacent to an activating group) is 1. The van der Waals surface area contributed by atoms with E-state index in [2.05, 4.69) is 11.9 Å². The van der Waals surface area contributed by atoms with Crippen molar-refractivity contribution in [2.75, 3.05) is 20.2 Å². The summed E-state index contributed by atoms with van der Waals surface area (Å²) in [4.78, 5) is 6.05. The molecule has 0 aliphatic carbocycles. The van der Waals surface area contributed by atoms with Crippen molar-refractivity contribution in [2.24, 2.45) is 0 Å². The Labute approximate surface area is 130 Å². The zero-order chi connectivity index (χ0) is 15.9. The van der Waals surface area contributed by atoms with Crippen molar-refractivity contribution in [3.8, 4) is 5.75 Å². The van der Waals surface area contributed by atoms with E-state index < -0.39 is 6.10 Å². The fraction of sp³-hybridized carbons (Fsp3) is 0.353. The molecule has 118 valence electrons. The van der Waals surface area contributed by atoms with E-state index in [0.29, 0.717) is 12.3 Å². The Morgan fingerprint density at radius 1 is 1.18 bits per heavy atom. The minimum Gasteiger partial charge on any atom is -0.491 e. The molecule has 0 aliphatic heterocycles. The number of pyridine rings is 1. The first kappa shape index (κ1) is 16.4. The van der Waals surface area contributed by atoms with E-state index >= 15 is 0 Å². The fourth-order valence-electron chi connectivity index (χ4n) is 2.16. The topological polar surface area (TPSA) is 45.6 Å². The van der Waals surface area contributed by atoms with Crippen molar-refractivity contribution in [1.82, 2.24) is 9.88 Å². The summed E-state index contributed by atoms with van der Waals surface area (Å²) in [5.41, 5.74) is 1.14. The zero-order valence-electron chi connectivity index (χ0n) is 12.8. The first-order chi connectivity index (χ1) is 10.6. The van der Waals surface area contributed by atoms with Gasteiger partial charge in [-0.2, -0.15) is 0 Å². The molecule has 2 unspecified atom stereocenters. The highest BCUT2D eigenvalue weighted by molar-refractivity contribution is 5.22. The molecule has 0 aliphatic rings. The molecule has 0 radical (unpaired) electrons. The van der Waals surface area contributed by atoms with E-state index in [4.69, 9.17) is 4.74 Å². The quantitative estimate of drug-likeness (QED) is 0.854. The largest absolute Gasteiger partial charge is 0.491 e. The normalized spacial score (nSPS) is 13.9. The highest BCUT2D eigenvalue weighted by Gasteiger charge is 2.15. The minimum atomic E-state index is -0.626. The minimum absolute atomic E-state index is 0.166. The van der Waals surface area contributed by atoms with Crippen molar-refractivity contribution in [2.45, 2.75) is 19.1 Å². The molecule has 0 bridgehead atoms. The summed E-state index contributed by atoms with van der Waals surface area (Å²) in [6.07, 6.45) is 2.89. The number of aliphatic hydroxyl groups excluding tert-OH is 1. The summed E-state index contributed by atoms with van der Waals surface area (Å²) in [6, 6.07) is 9.85. The molecular weight excluding hydrogens is 283 g/mol. The maximum Gasteiger partial charge on any atom is 0.123 e. The molecule has 2 aromatic rings. The lowest BCUT2D eigenvalue weighted by Gasteiger charge is -2.27. The van der Waals surface area contributed by atoms with Gasteiger partial charge in [-0.05, 0) is 55.9 Å². The van der Waals surface area contributed by atoms with Crippen LogP contribution in [-0.2, 0) is 0 Å². The van der Waals surface area contributed by atoms with Gasteiger partial charge in [0.2, 0.25) is 0 Å². The molecule has 0 fully saturated rings. The lowest BCUT2D eigenvalue weighted by atomic mass is 10.1. The molecule has 0 saturated carbocycles. The molecule has 2 atom stereocenters. The van der Waals surface area contributed by atoms with E-state index in [1.807, 2.05) is 24.1 Å². The fourth-order valence-corrected chi connectivity index (χ4v) is 2.16. The summed E-state index contributed by atoms with van der Waals surface area (Å²) < 4.78 is 18.2. The van der Waals surface area contributed by atoms with Crippen molar-refractivity contribution in [3.05, 3.63) is 60.2 Å². The van der Waals surface area contributed by atoms with Crippen molar-refractivity contribution in [3.63, 3.8) is 0 Å². The highest BCUT2D eigenvalue weighted by Crippen LogP contribution is 2.18. The highest BCUT2D eigenvalue weighted by atomic mass is 19.1. The number of ether oxygens (including phenoxy) is 1. The SMILES string of the molecule is CC(c1ccncc1)N(C)CC(O)COc1ccc(F)cc1. The van der Waals surface area contributed by atoms with Gasteiger partial charge >= 0.3 is 0 Å². The molecule has 0 amide bonds. The van der Waals surface area contributed by atoms with Crippen LogP contribution in [0.15, 0.2) is 48.8 Å². The van der Waals surface area contributed by atoms with Crippen LogP contribution in [-0.4, -0.2) is 41.3 Å². The third-order valence-corrected chi connectivity index (χ3v) is 3.60. The average Bonchev–Trinajstić information content (AvgIpc) is 2.54. The summed E-state index contributed by atoms with van der Waals surface area (Å²) >= 11 is 0. The van der Waals surface area contributed by atoms with Crippen LogP contribution >= 0.6 is 0 Å². The molecule has 5 heteroatoms. The molecular formula is C17H21FN2O2. The third kappa shape index (κ3) is 4.79. The van der Waals surface area contributed by atoms with Gasteiger partial charge in [0.25, 0.3) is 0 Å². The average molecular weight is 304 g/mol. The molecule has 2 rings (SSSR count). The number of rotatable bonds is 7. The molecule has 4 nitrogen and oxygen atoms in total. The Balaban J connectivity index is 1.81. The molecule has 1 N–H and O–H groups in total. The summed E-state index contributed by atoms with van der Waals surface area (Å²) in [5.74, 6) is 0.240. The van der Waals surface area contributed by atoms with Crippen LogP contribution in [0.5, 0.6) is 5.75 Å². The van der Waals surface area contributed by atoms with Gasteiger partial charge in [0, 0.05) is 25.0 Å². The maximum absolute atomic E-state index is 12.8. The van der Waals surface area contributed by atoms with Gasteiger partial charge in [0.05, 0.1) is 0 Å². The van der Waals surface area contributed by atoms with E-state index in [9.17, 15) is 9.50 Å². The van der Waals surface area contributed by atoms with Gasteiger partial charge in [-0.1, -0.05) is 0 Å². The zero-order valence-corrected chi connectivity index (χ0v) is 12.8. The van der Waals surface area contributed by atoms with Gasteiger partial charge in [0.1, 0.15) is 24.3 Å². The number of aliphatic hydroxyl groups is 1. The first-order valence-corrected chi connectivity index (χ1v) is 7.23.